The summed E-state index contributed by atoms with van der Waals surface area (Å²) in [6, 6.07) is 29.6. The van der Waals surface area contributed by atoms with Crippen LogP contribution in [0.15, 0.2) is 113 Å². The number of nitrogens with one attached hydrogen (secondary N) is 1. The van der Waals surface area contributed by atoms with Crippen LogP contribution >= 0.6 is 11.3 Å². The highest BCUT2D eigenvalue weighted by molar-refractivity contribution is 7.92. The van der Waals surface area contributed by atoms with Gasteiger partial charge in [0.1, 0.15) is 4.21 Å². The first-order valence-corrected chi connectivity index (χ1v) is 13.4. The molecule has 5 rings (SSSR count). The quantitative estimate of drug-likeness (QED) is 0.283. The Morgan fingerprint density at radius 3 is 2.49 bits per heavy atom. The average molecular weight is 499 g/mol. The van der Waals surface area contributed by atoms with Gasteiger partial charge in [0.2, 0.25) is 0 Å². The first-order chi connectivity index (χ1) is 17.0. The van der Waals surface area contributed by atoms with Gasteiger partial charge in [-0.2, -0.15) is 0 Å². The van der Waals surface area contributed by atoms with Crippen molar-refractivity contribution < 1.29 is 13.2 Å². The molecule has 0 unspecified atom stereocenters. The minimum absolute atomic E-state index is 0.104. The molecule has 2 heterocycles. The van der Waals surface area contributed by atoms with Gasteiger partial charge in [-0.25, -0.2) is 13.1 Å². The number of carbonyl (C=O) groups is 1. The summed E-state index contributed by atoms with van der Waals surface area (Å²) in [5.41, 5.74) is 5.30. The van der Waals surface area contributed by atoms with Crippen molar-refractivity contribution in [1.29, 1.82) is 0 Å². The van der Waals surface area contributed by atoms with Crippen molar-refractivity contribution in [3.63, 3.8) is 0 Å². The van der Waals surface area contributed by atoms with Crippen molar-refractivity contribution in [3.8, 4) is 11.1 Å². The smallest absolute Gasteiger partial charge is 0.273 e. The Morgan fingerprint density at radius 2 is 1.69 bits per heavy atom. The average Bonchev–Trinajstić information content (AvgIpc) is 3.55. The normalized spacial score (nSPS) is 11.8. The molecule has 0 aliphatic rings. The molecule has 0 aliphatic heterocycles. The zero-order valence-corrected chi connectivity index (χ0v) is 20.3. The van der Waals surface area contributed by atoms with E-state index in [4.69, 9.17) is 0 Å². The van der Waals surface area contributed by atoms with E-state index in [9.17, 15) is 13.2 Å². The molecule has 0 saturated carbocycles. The number of thiophene rings is 1. The number of fused-ring (bicyclic) bond motifs is 1. The van der Waals surface area contributed by atoms with E-state index in [1.54, 1.807) is 17.5 Å². The molecule has 0 atom stereocenters. The van der Waals surface area contributed by atoms with Crippen LogP contribution in [0.4, 0.5) is 0 Å². The van der Waals surface area contributed by atoms with Gasteiger partial charge in [-0.3, -0.25) is 4.79 Å². The molecule has 174 valence electrons. The zero-order valence-electron chi connectivity index (χ0n) is 18.7. The lowest BCUT2D eigenvalue weighted by Crippen LogP contribution is -2.28. The molecular weight excluding hydrogens is 476 g/mol. The van der Waals surface area contributed by atoms with E-state index in [-0.39, 0.29) is 4.21 Å². The van der Waals surface area contributed by atoms with Crippen molar-refractivity contribution >= 4 is 44.2 Å². The molecule has 0 spiro atoms. The number of hydrogen-bond donors (Lipinski definition) is 1. The van der Waals surface area contributed by atoms with Gasteiger partial charge in [0.05, 0.1) is 5.52 Å². The lowest BCUT2D eigenvalue weighted by Gasteiger charge is -2.13. The van der Waals surface area contributed by atoms with E-state index in [0.29, 0.717) is 6.54 Å². The number of aromatic nitrogens is 1. The molecule has 7 heteroatoms. The third-order valence-electron chi connectivity index (χ3n) is 5.67. The number of sulfonamides is 1. The maximum absolute atomic E-state index is 12.4. The van der Waals surface area contributed by atoms with Crippen LogP contribution in [0.5, 0.6) is 0 Å². The molecule has 5 nitrogen and oxygen atoms in total. The van der Waals surface area contributed by atoms with Gasteiger partial charge in [-0.1, -0.05) is 78.9 Å². The number of rotatable bonds is 7. The monoisotopic (exact) mass is 498 g/mol. The molecule has 0 fully saturated rings. The van der Waals surface area contributed by atoms with Gasteiger partial charge in [0, 0.05) is 24.2 Å². The van der Waals surface area contributed by atoms with Crippen LogP contribution in [0.25, 0.3) is 28.1 Å². The largest absolute Gasteiger partial charge is 0.343 e. The third kappa shape index (κ3) is 4.96. The molecule has 0 saturated heterocycles. The van der Waals surface area contributed by atoms with Gasteiger partial charge in [-0.05, 0) is 45.8 Å². The molecule has 5 aromatic rings. The van der Waals surface area contributed by atoms with E-state index in [1.165, 1.54) is 23.3 Å². The lowest BCUT2D eigenvalue weighted by atomic mass is 9.99. The fraction of sp³-hybridized carbons (Fsp3) is 0.0357. The van der Waals surface area contributed by atoms with E-state index >= 15 is 0 Å². The minimum Gasteiger partial charge on any atom is -0.343 e. The van der Waals surface area contributed by atoms with Crippen molar-refractivity contribution in [2.75, 3.05) is 0 Å². The predicted molar refractivity (Wildman–Crippen MR) is 142 cm³/mol. The van der Waals surface area contributed by atoms with E-state index < -0.39 is 15.9 Å². The van der Waals surface area contributed by atoms with Crippen LogP contribution in [0.1, 0.15) is 11.1 Å². The highest BCUT2D eigenvalue weighted by atomic mass is 32.2. The summed E-state index contributed by atoms with van der Waals surface area (Å²) in [4.78, 5) is 12.4. The summed E-state index contributed by atoms with van der Waals surface area (Å²) in [5.74, 6) is -0.692. The van der Waals surface area contributed by atoms with Gasteiger partial charge in [0.15, 0.2) is 0 Å². The molecule has 3 aromatic carbocycles. The number of para-hydroxylation sites is 1. The Balaban J connectivity index is 1.44. The molecule has 0 aliphatic carbocycles. The SMILES string of the molecule is O=C(/C=C/c1cccc2ccn(Cc3ccccc3-c3ccccc3)c12)NS(=O)(=O)c1cccs1. The van der Waals surface area contributed by atoms with Crippen LogP contribution in [-0.4, -0.2) is 18.9 Å². The second-order valence-corrected chi connectivity index (χ2v) is 10.8. The van der Waals surface area contributed by atoms with Crippen LogP contribution in [-0.2, 0) is 21.4 Å². The number of hydrogen-bond acceptors (Lipinski definition) is 4. The number of amides is 1. The first-order valence-electron chi connectivity index (χ1n) is 11.0. The highest BCUT2D eigenvalue weighted by Crippen LogP contribution is 2.27. The fourth-order valence-corrected chi connectivity index (χ4v) is 6.03. The number of carbonyl (C=O) groups excluding carboxylic acids is 1. The predicted octanol–water partition coefficient (Wildman–Crippen LogP) is 5.94. The topological polar surface area (TPSA) is 68.2 Å². The number of nitrogens with zero attached hydrogens (tertiary/aromatic N) is 1. The van der Waals surface area contributed by atoms with Crippen LogP contribution in [0.2, 0.25) is 0 Å². The van der Waals surface area contributed by atoms with Gasteiger partial charge in [0.25, 0.3) is 15.9 Å². The minimum atomic E-state index is -3.87. The summed E-state index contributed by atoms with van der Waals surface area (Å²) in [6.07, 6.45) is 4.95. The summed E-state index contributed by atoms with van der Waals surface area (Å²) >= 11 is 1.06. The molecular formula is C28H22N2O3S2. The summed E-state index contributed by atoms with van der Waals surface area (Å²) in [5, 5.41) is 2.69. The highest BCUT2D eigenvalue weighted by Gasteiger charge is 2.17. The van der Waals surface area contributed by atoms with Crippen LogP contribution in [0.3, 0.4) is 0 Å². The Bertz CT molecular complexity index is 1620. The first kappa shape index (κ1) is 22.8. The standard InChI is InChI=1S/C28H22N2O3S2/c31-26(29-35(32,33)27-14-7-19-34-27)16-15-22-11-6-12-23-17-18-30(28(22)23)20-24-10-4-5-13-25(24)21-8-2-1-3-9-21/h1-19H,20H2,(H,29,31)/b16-15+. The molecule has 1 amide bonds. The van der Waals surface area contributed by atoms with Crippen molar-refractivity contribution in [3.05, 3.63) is 120 Å². The summed E-state index contributed by atoms with van der Waals surface area (Å²) < 4.78 is 29.0. The lowest BCUT2D eigenvalue weighted by molar-refractivity contribution is -0.114. The fourth-order valence-electron chi connectivity index (χ4n) is 4.10. The zero-order chi connectivity index (χ0) is 24.3. The maximum Gasteiger partial charge on any atom is 0.273 e. The Morgan fingerprint density at radius 1 is 0.886 bits per heavy atom. The Labute approximate surface area is 208 Å². The van der Waals surface area contributed by atoms with Gasteiger partial charge < -0.3 is 4.57 Å². The second kappa shape index (κ2) is 9.74. The second-order valence-electron chi connectivity index (χ2n) is 7.99. The number of benzene rings is 3. The molecule has 1 N–H and O–H groups in total. The van der Waals surface area contributed by atoms with Gasteiger partial charge >= 0.3 is 0 Å². The molecule has 0 radical (unpaired) electrons. The van der Waals surface area contributed by atoms with Crippen molar-refractivity contribution in [1.82, 2.24) is 9.29 Å². The Hall–Kier alpha value is -3.94. The Kier molecular flexibility index (Phi) is 6.35. The molecule has 0 bridgehead atoms. The van der Waals surface area contributed by atoms with E-state index in [0.717, 1.165) is 33.4 Å². The van der Waals surface area contributed by atoms with Crippen LogP contribution < -0.4 is 4.72 Å². The summed E-state index contributed by atoms with van der Waals surface area (Å²) in [6.45, 7) is 0.651. The molecule has 2 aromatic heterocycles. The van der Waals surface area contributed by atoms with Crippen LogP contribution in [0, 0.1) is 0 Å². The van der Waals surface area contributed by atoms with Gasteiger partial charge in [-0.15, -0.1) is 11.3 Å². The molecule has 35 heavy (non-hydrogen) atoms. The third-order valence-corrected chi connectivity index (χ3v) is 8.42. The van der Waals surface area contributed by atoms with E-state index in [2.05, 4.69) is 33.6 Å². The van der Waals surface area contributed by atoms with Crippen molar-refractivity contribution in [2.45, 2.75) is 10.8 Å². The summed E-state index contributed by atoms with van der Waals surface area (Å²) in [7, 11) is -3.87. The van der Waals surface area contributed by atoms with E-state index in [1.807, 2.05) is 60.8 Å². The maximum atomic E-state index is 12.4. The van der Waals surface area contributed by atoms with Crippen molar-refractivity contribution in [2.24, 2.45) is 0 Å².